The van der Waals surface area contributed by atoms with Gasteiger partial charge in [0.2, 0.25) is 0 Å². The van der Waals surface area contributed by atoms with Crippen LogP contribution in [0, 0.1) is 29.6 Å². The molecule has 0 atom stereocenters. The highest BCUT2D eigenvalue weighted by atomic mass is 16.4. The number of carboxylic acids is 1. The van der Waals surface area contributed by atoms with E-state index >= 15 is 0 Å². The van der Waals surface area contributed by atoms with Crippen LogP contribution in [0.4, 0.5) is 0 Å². The molecular weight excluding hydrogens is 244 g/mol. The molecule has 1 aromatic heterocycles. The molecule has 6 nitrogen and oxygen atoms in total. The van der Waals surface area contributed by atoms with Crippen molar-refractivity contribution in [1.29, 1.82) is 10.5 Å². The molecule has 2 rings (SSSR count). The lowest BCUT2D eigenvalue weighted by Gasteiger charge is -2.09. The number of rotatable bonds is 2. The lowest BCUT2D eigenvalue weighted by molar-refractivity contribution is 0.0697. The molecule has 0 aliphatic rings. The monoisotopic (exact) mass is 252 g/mol. The number of benzene rings is 1. The molecule has 6 heteroatoms. The fourth-order valence-corrected chi connectivity index (χ4v) is 1.74. The van der Waals surface area contributed by atoms with Crippen LogP contribution < -0.4 is 0 Å². The van der Waals surface area contributed by atoms with Crippen molar-refractivity contribution in [2.75, 3.05) is 0 Å². The van der Waals surface area contributed by atoms with Crippen LogP contribution in [0.1, 0.15) is 27.3 Å². The lowest BCUT2D eigenvalue weighted by atomic mass is 10.1. The van der Waals surface area contributed by atoms with Gasteiger partial charge in [-0.05, 0) is 24.6 Å². The predicted octanol–water partition coefficient (Wildman–Crippen LogP) is 1.62. The number of hydrogen-bond acceptors (Lipinski definition) is 4. The molecule has 0 aliphatic heterocycles. The Balaban J connectivity index is 2.76. The number of aryl methyl sites for hydroxylation is 1. The van der Waals surface area contributed by atoms with Crippen LogP contribution in [-0.4, -0.2) is 20.6 Å². The van der Waals surface area contributed by atoms with Crippen molar-refractivity contribution < 1.29 is 9.90 Å². The lowest BCUT2D eigenvalue weighted by Crippen LogP contribution is -2.06. The van der Waals surface area contributed by atoms with Crippen LogP contribution in [0.3, 0.4) is 0 Å². The summed E-state index contributed by atoms with van der Waals surface area (Å²) in [6, 6.07) is 8.42. The number of imidazole rings is 1. The fraction of sp³-hybridized carbons (Fsp3) is 0.0769. The van der Waals surface area contributed by atoms with E-state index in [9.17, 15) is 4.79 Å². The topological polar surface area (TPSA) is 103 Å². The molecule has 0 fully saturated rings. The van der Waals surface area contributed by atoms with Crippen molar-refractivity contribution >= 4 is 5.97 Å². The van der Waals surface area contributed by atoms with Gasteiger partial charge in [0.1, 0.15) is 18.5 Å². The van der Waals surface area contributed by atoms with Crippen molar-refractivity contribution in [3.05, 3.63) is 47.0 Å². The Labute approximate surface area is 108 Å². The number of nitriles is 2. The van der Waals surface area contributed by atoms with Crippen molar-refractivity contribution in [3.63, 3.8) is 0 Å². The summed E-state index contributed by atoms with van der Waals surface area (Å²) in [6.45, 7) is 1.81. The second kappa shape index (κ2) is 4.63. The number of carboxylic acid groups (broad SMARTS) is 1. The second-order valence-electron chi connectivity index (χ2n) is 3.86. The number of aromatic carboxylic acids is 1. The van der Waals surface area contributed by atoms with Gasteiger partial charge in [-0.2, -0.15) is 10.5 Å². The van der Waals surface area contributed by atoms with Crippen molar-refractivity contribution in [3.8, 4) is 17.8 Å². The molecular formula is C13H8N4O2. The van der Waals surface area contributed by atoms with Gasteiger partial charge in [-0.15, -0.1) is 0 Å². The van der Waals surface area contributed by atoms with Crippen molar-refractivity contribution in [1.82, 2.24) is 9.55 Å². The molecule has 0 radical (unpaired) electrons. The minimum atomic E-state index is -1.11. The average Bonchev–Trinajstić information content (AvgIpc) is 2.80. The standard InChI is InChI=1S/C13H8N4O2/c1-8-2-3-9(13(18)19)11(4-8)17-7-16-10(5-14)12(17)6-15/h2-4,7H,1H3,(H,18,19). The highest BCUT2D eigenvalue weighted by molar-refractivity contribution is 5.92. The Hall–Kier alpha value is -3.12. The summed E-state index contributed by atoms with van der Waals surface area (Å²) in [5.41, 5.74) is 1.20. The number of carbonyl (C=O) groups is 1. The molecule has 0 amide bonds. The Morgan fingerprint density at radius 3 is 2.68 bits per heavy atom. The second-order valence-corrected chi connectivity index (χ2v) is 3.86. The summed E-state index contributed by atoms with van der Waals surface area (Å²) in [7, 11) is 0. The van der Waals surface area contributed by atoms with E-state index in [1.165, 1.54) is 17.0 Å². The summed E-state index contributed by atoms with van der Waals surface area (Å²) >= 11 is 0. The van der Waals surface area contributed by atoms with Crippen LogP contribution in [0.5, 0.6) is 0 Å². The van der Waals surface area contributed by atoms with Gasteiger partial charge in [-0.1, -0.05) is 6.07 Å². The summed E-state index contributed by atoms with van der Waals surface area (Å²) in [5.74, 6) is -1.11. The van der Waals surface area contributed by atoms with E-state index in [-0.39, 0.29) is 17.0 Å². The summed E-state index contributed by atoms with van der Waals surface area (Å²) in [4.78, 5) is 15.0. The number of aromatic nitrogens is 2. The first-order chi connectivity index (χ1) is 9.08. The van der Waals surface area contributed by atoms with Gasteiger partial charge < -0.3 is 5.11 Å². The van der Waals surface area contributed by atoms with E-state index in [2.05, 4.69) is 4.98 Å². The van der Waals surface area contributed by atoms with E-state index < -0.39 is 5.97 Å². The smallest absolute Gasteiger partial charge is 0.337 e. The molecule has 1 heterocycles. The van der Waals surface area contributed by atoms with E-state index in [0.717, 1.165) is 5.56 Å². The molecule has 0 spiro atoms. The Morgan fingerprint density at radius 1 is 1.37 bits per heavy atom. The zero-order valence-electron chi connectivity index (χ0n) is 9.95. The zero-order chi connectivity index (χ0) is 14.0. The molecule has 0 aliphatic carbocycles. The highest BCUT2D eigenvalue weighted by Crippen LogP contribution is 2.20. The van der Waals surface area contributed by atoms with Crippen LogP contribution in [0.15, 0.2) is 24.5 Å². The number of nitrogens with zero attached hydrogens (tertiary/aromatic N) is 4. The molecule has 0 bridgehead atoms. The largest absolute Gasteiger partial charge is 0.478 e. The summed E-state index contributed by atoms with van der Waals surface area (Å²) in [6.07, 6.45) is 1.28. The third-order valence-corrected chi connectivity index (χ3v) is 2.62. The van der Waals surface area contributed by atoms with Gasteiger partial charge in [0, 0.05) is 0 Å². The molecule has 1 aromatic carbocycles. The maximum Gasteiger partial charge on any atom is 0.337 e. The first-order valence-electron chi connectivity index (χ1n) is 5.30. The highest BCUT2D eigenvalue weighted by Gasteiger charge is 2.17. The quantitative estimate of drug-likeness (QED) is 0.874. The molecule has 0 saturated heterocycles. The molecule has 0 saturated carbocycles. The normalized spacial score (nSPS) is 9.63. The average molecular weight is 252 g/mol. The maximum atomic E-state index is 11.2. The Morgan fingerprint density at radius 2 is 2.11 bits per heavy atom. The van der Waals surface area contributed by atoms with E-state index in [0.29, 0.717) is 5.69 Å². The fourth-order valence-electron chi connectivity index (χ4n) is 1.74. The third kappa shape index (κ3) is 2.03. The van der Waals surface area contributed by atoms with Gasteiger partial charge in [0.25, 0.3) is 0 Å². The first-order valence-corrected chi connectivity index (χ1v) is 5.30. The van der Waals surface area contributed by atoms with Gasteiger partial charge in [0.15, 0.2) is 11.4 Å². The van der Waals surface area contributed by atoms with E-state index in [1.54, 1.807) is 18.2 Å². The number of hydrogen-bond donors (Lipinski definition) is 1. The Bertz CT molecular complexity index is 747. The molecule has 1 N–H and O–H groups in total. The molecule has 2 aromatic rings. The summed E-state index contributed by atoms with van der Waals surface area (Å²) < 4.78 is 1.31. The van der Waals surface area contributed by atoms with Gasteiger partial charge >= 0.3 is 5.97 Å². The third-order valence-electron chi connectivity index (χ3n) is 2.62. The van der Waals surface area contributed by atoms with Crippen molar-refractivity contribution in [2.45, 2.75) is 6.92 Å². The van der Waals surface area contributed by atoms with Crippen LogP contribution in [-0.2, 0) is 0 Å². The Kier molecular flexibility index (Phi) is 3.01. The maximum absolute atomic E-state index is 11.2. The summed E-state index contributed by atoms with van der Waals surface area (Å²) in [5, 5.41) is 27.1. The SMILES string of the molecule is Cc1ccc(C(=O)O)c(-n2cnc(C#N)c2C#N)c1. The van der Waals surface area contributed by atoms with Crippen LogP contribution in [0.2, 0.25) is 0 Å². The van der Waals surface area contributed by atoms with Crippen molar-refractivity contribution in [2.24, 2.45) is 0 Å². The van der Waals surface area contributed by atoms with Crippen LogP contribution in [0.25, 0.3) is 5.69 Å². The minimum Gasteiger partial charge on any atom is -0.478 e. The molecule has 0 unspecified atom stereocenters. The van der Waals surface area contributed by atoms with Gasteiger partial charge in [-0.3, -0.25) is 4.57 Å². The van der Waals surface area contributed by atoms with E-state index in [1.807, 2.05) is 13.0 Å². The first kappa shape index (κ1) is 12.3. The zero-order valence-corrected chi connectivity index (χ0v) is 9.95. The van der Waals surface area contributed by atoms with Gasteiger partial charge in [-0.25, -0.2) is 9.78 Å². The van der Waals surface area contributed by atoms with E-state index in [4.69, 9.17) is 15.6 Å². The minimum absolute atomic E-state index is 0.0237. The molecule has 92 valence electrons. The molecule has 19 heavy (non-hydrogen) atoms. The predicted molar refractivity (Wildman–Crippen MR) is 64.7 cm³/mol. The van der Waals surface area contributed by atoms with Crippen LogP contribution >= 0.6 is 0 Å². The van der Waals surface area contributed by atoms with Gasteiger partial charge in [0.05, 0.1) is 11.3 Å².